The van der Waals surface area contributed by atoms with Crippen molar-refractivity contribution >= 4 is 5.95 Å². The van der Waals surface area contributed by atoms with Gasteiger partial charge in [0.05, 0.1) is 18.4 Å². The van der Waals surface area contributed by atoms with Gasteiger partial charge in [0.15, 0.2) is 0 Å². The molecule has 0 spiro atoms. The van der Waals surface area contributed by atoms with Gasteiger partial charge >= 0.3 is 0 Å². The molecule has 1 aliphatic rings. The van der Waals surface area contributed by atoms with Crippen molar-refractivity contribution < 1.29 is 4.74 Å². The summed E-state index contributed by atoms with van der Waals surface area (Å²) in [6.07, 6.45) is 2.16. The summed E-state index contributed by atoms with van der Waals surface area (Å²) < 4.78 is 7.57. The number of hydrogen-bond donors (Lipinski definition) is 1. The van der Waals surface area contributed by atoms with Crippen LogP contribution in [-0.4, -0.2) is 41.9 Å². The second-order valence-corrected chi connectivity index (χ2v) is 3.97. The third kappa shape index (κ3) is 2.13. The van der Waals surface area contributed by atoms with Gasteiger partial charge in [-0.15, -0.1) is 0 Å². The van der Waals surface area contributed by atoms with Gasteiger partial charge in [0, 0.05) is 32.9 Å². The number of morpholine rings is 1. The van der Waals surface area contributed by atoms with Crippen molar-refractivity contribution in [2.75, 3.05) is 31.1 Å². The van der Waals surface area contributed by atoms with Gasteiger partial charge in [0.1, 0.15) is 0 Å². The first kappa shape index (κ1) is 10.4. The molecule has 2 heterocycles. The largest absolute Gasteiger partial charge is 0.373 e. The molecule has 2 N–H and O–H groups in total. The normalized spacial score (nSPS) is 22.1. The first-order chi connectivity index (χ1) is 7.20. The molecule has 1 unspecified atom stereocenters. The fraction of sp³-hybridized carbons (Fsp3) is 0.700. The number of aryl methyl sites for hydroxylation is 2. The van der Waals surface area contributed by atoms with Crippen LogP contribution < -0.4 is 10.6 Å². The predicted octanol–water partition coefficient (Wildman–Crippen LogP) is -0.108. The van der Waals surface area contributed by atoms with Gasteiger partial charge in [-0.2, -0.15) is 0 Å². The first-order valence-corrected chi connectivity index (χ1v) is 5.27. The topological polar surface area (TPSA) is 56.3 Å². The Bertz CT molecular complexity index is 336. The number of imidazole rings is 1. The standard InChI is InChI=1S/C10H18N4O/c1-8-6-13(2)10(12-8)14-3-4-15-9(5-11)7-14/h6,9H,3-5,7,11H2,1-2H3. The molecule has 0 aromatic carbocycles. The van der Waals surface area contributed by atoms with Crippen LogP contribution in [0.4, 0.5) is 5.95 Å². The van der Waals surface area contributed by atoms with E-state index in [4.69, 9.17) is 10.5 Å². The molecule has 1 saturated heterocycles. The summed E-state index contributed by atoms with van der Waals surface area (Å²) in [5, 5.41) is 0. The molecule has 2 rings (SSSR count). The van der Waals surface area contributed by atoms with Crippen molar-refractivity contribution in [3.05, 3.63) is 11.9 Å². The Labute approximate surface area is 89.8 Å². The Morgan fingerprint density at radius 3 is 3.07 bits per heavy atom. The van der Waals surface area contributed by atoms with Gasteiger partial charge in [-0.1, -0.05) is 0 Å². The monoisotopic (exact) mass is 210 g/mol. The number of nitrogens with zero attached hydrogens (tertiary/aromatic N) is 3. The second-order valence-electron chi connectivity index (χ2n) is 3.97. The van der Waals surface area contributed by atoms with Crippen LogP contribution in [0.3, 0.4) is 0 Å². The van der Waals surface area contributed by atoms with Crippen LogP contribution in [0.1, 0.15) is 5.69 Å². The number of anilines is 1. The summed E-state index contributed by atoms with van der Waals surface area (Å²) >= 11 is 0. The molecule has 84 valence electrons. The molecule has 1 aromatic rings. The maximum absolute atomic E-state index is 5.61. The molecule has 5 nitrogen and oxygen atoms in total. The lowest BCUT2D eigenvalue weighted by Crippen LogP contribution is -2.46. The van der Waals surface area contributed by atoms with E-state index in [0.29, 0.717) is 6.54 Å². The highest BCUT2D eigenvalue weighted by Crippen LogP contribution is 2.15. The van der Waals surface area contributed by atoms with Gasteiger partial charge in [-0.3, -0.25) is 0 Å². The van der Waals surface area contributed by atoms with Crippen molar-refractivity contribution in [1.82, 2.24) is 9.55 Å². The quantitative estimate of drug-likeness (QED) is 0.740. The van der Waals surface area contributed by atoms with E-state index in [-0.39, 0.29) is 6.10 Å². The maximum atomic E-state index is 5.61. The van der Waals surface area contributed by atoms with E-state index in [1.165, 1.54) is 0 Å². The van der Waals surface area contributed by atoms with Crippen LogP contribution in [0.15, 0.2) is 6.20 Å². The summed E-state index contributed by atoms with van der Waals surface area (Å²) in [6, 6.07) is 0. The van der Waals surface area contributed by atoms with Crippen LogP contribution in [-0.2, 0) is 11.8 Å². The summed E-state index contributed by atoms with van der Waals surface area (Å²) in [7, 11) is 2.02. The van der Waals surface area contributed by atoms with E-state index >= 15 is 0 Å². The smallest absolute Gasteiger partial charge is 0.205 e. The molecule has 0 aliphatic carbocycles. The van der Waals surface area contributed by atoms with Crippen molar-refractivity contribution in [3.8, 4) is 0 Å². The zero-order valence-corrected chi connectivity index (χ0v) is 9.31. The number of rotatable bonds is 2. The molecule has 0 amide bonds. The van der Waals surface area contributed by atoms with Crippen molar-refractivity contribution in [2.24, 2.45) is 12.8 Å². The highest BCUT2D eigenvalue weighted by molar-refractivity contribution is 5.33. The van der Waals surface area contributed by atoms with E-state index in [9.17, 15) is 0 Å². The minimum atomic E-state index is 0.135. The summed E-state index contributed by atoms with van der Waals surface area (Å²) in [4.78, 5) is 6.73. The summed E-state index contributed by atoms with van der Waals surface area (Å²) in [6.45, 7) is 5.03. The van der Waals surface area contributed by atoms with Crippen LogP contribution in [0.25, 0.3) is 0 Å². The molecule has 1 aliphatic heterocycles. The second kappa shape index (κ2) is 4.20. The van der Waals surface area contributed by atoms with E-state index in [1.807, 2.05) is 24.7 Å². The lowest BCUT2D eigenvalue weighted by atomic mass is 10.3. The van der Waals surface area contributed by atoms with Crippen LogP contribution in [0, 0.1) is 6.92 Å². The molecule has 0 bridgehead atoms. The Morgan fingerprint density at radius 2 is 2.47 bits per heavy atom. The molecule has 15 heavy (non-hydrogen) atoms. The minimum absolute atomic E-state index is 0.135. The van der Waals surface area contributed by atoms with E-state index in [1.54, 1.807) is 0 Å². The van der Waals surface area contributed by atoms with Gasteiger partial charge in [-0.05, 0) is 6.92 Å². The Hall–Kier alpha value is -1.07. The van der Waals surface area contributed by atoms with Crippen LogP contribution in [0.2, 0.25) is 0 Å². The van der Waals surface area contributed by atoms with Gasteiger partial charge in [0.25, 0.3) is 0 Å². The molecular weight excluding hydrogens is 192 g/mol. The number of ether oxygens (including phenoxy) is 1. The molecular formula is C10H18N4O. The van der Waals surface area contributed by atoms with Crippen molar-refractivity contribution in [1.29, 1.82) is 0 Å². The molecule has 5 heteroatoms. The third-order valence-corrected chi connectivity index (χ3v) is 2.66. The molecule has 0 radical (unpaired) electrons. The number of nitrogens with two attached hydrogens (primary N) is 1. The van der Waals surface area contributed by atoms with Crippen LogP contribution in [0.5, 0.6) is 0 Å². The highest BCUT2D eigenvalue weighted by atomic mass is 16.5. The third-order valence-electron chi connectivity index (χ3n) is 2.66. The van der Waals surface area contributed by atoms with Gasteiger partial charge in [0.2, 0.25) is 5.95 Å². The maximum Gasteiger partial charge on any atom is 0.205 e. The lowest BCUT2D eigenvalue weighted by Gasteiger charge is -2.32. The Balaban J connectivity index is 2.13. The predicted molar refractivity (Wildman–Crippen MR) is 59.0 cm³/mol. The van der Waals surface area contributed by atoms with Crippen LogP contribution >= 0.6 is 0 Å². The van der Waals surface area contributed by atoms with E-state index in [0.717, 1.165) is 31.3 Å². The SMILES string of the molecule is Cc1cn(C)c(N2CCOC(CN)C2)n1. The zero-order valence-electron chi connectivity index (χ0n) is 9.31. The van der Waals surface area contributed by atoms with Gasteiger partial charge < -0.3 is 19.9 Å². The van der Waals surface area contributed by atoms with Gasteiger partial charge in [-0.25, -0.2) is 4.98 Å². The average Bonchev–Trinajstić information content (AvgIpc) is 2.58. The van der Waals surface area contributed by atoms with Crippen molar-refractivity contribution in [3.63, 3.8) is 0 Å². The average molecular weight is 210 g/mol. The molecule has 1 fully saturated rings. The highest BCUT2D eigenvalue weighted by Gasteiger charge is 2.22. The van der Waals surface area contributed by atoms with Crippen molar-refractivity contribution in [2.45, 2.75) is 13.0 Å². The number of hydrogen-bond acceptors (Lipinski definition) is 4. The molecule has 0 saturated carbocycles. The number of aromatic nitrogens is 2. The summed E-state index contributed by atoms with van der Waals surface area (Å²) in [5.41, 5.74) is 6.65. The fourth-order valence-electron chi connectivity index (χ4n) is 1.94. The lowest BCUT2D eigenvalue weighted by molar-refractivity contribution is 0.0458. The summed E-state index contributed by atoms with van der Waals surface area (Å²) in [5.74, 6) is 1.01. The zero-order chi connectivity index (χ0) is 10.8. The Kier molecular flexibility index (Phi) is 2.93. The molecule has 1 atom stereocenters. The van der Waals surface area contributed by atoms with E-state index < -0.39 is 0 Å². The fourth-order valence-corrected chi connectivity index (χ4v) is 1.94. The molecule has 1 aromatic heterocycles. The minimum Gasteiger partial charge on any atom is -0.373 e. The first-order valence-electron chi connectivity index (χ1n) is 5.27. The Morgan fingerprint density at radius 1 is 1.67 bits per heavy atom. The van der Waals surface area contributed by atoms with E-state index in [2.05, 4.69) is 9.88 Å².